The summed E-state index contributed by atoms with van der Waals surface area (Å²) < 4.78 is 7.01. The number of carbonyl (C=O) groups excluding carboxylic acids is 1. The summed E-state index contributed by atoms with van der Waals surface area (Å²) in [5, 5.41) is 10.0. The third-order valence-corrected chi connectivity index (χ3v) is 2.89. The number of hydrogen-bond donors (Lipinski definition) is 2. The van der Waals surface area contributed by atoms with Gasteiger partial charge in [-0.05, 0) is 38.1 Å². The van der Waals surface area contributed by atoms with E-state index < -0.39 is 0 Å². The smallest absolute Gasteiger partial charge is 0.244 e. The Hall–Kier alpha value is -2.50. The van der Waals surface area contributed by atoms with E-state index in [1.165, 1.54) is 0 Å². The number of anilines is 2. The van der Waals surface area contributed by atoms with Gasteiger partial charge in [-0.15, -0.1) is 0 Å². The van der Waals surface area contributed by atoms with E-state index in [4.69, 9.17) is 4.74 Å². The number of hydrogen-bond acceptors (Lipinski definition) is 4. The second kappa shape index (κ2) is 6.78. The van der Waals surface area contributed by atoms with Crippen molar-refractivity contribution in [2.24, 2.45) is 7.05 Å². The number of benzene rings is 1. The van der Waals surface area contributed by atoms with Gasteiger partial charge < -0.3 is 15.4 Å². The summed E-state index contributed by atoms with van der Waals surface area (Å²) >= 11 is 0. The van der Waals surface area contributed by atoms with Gasteiger partial charge in [-0.25, -0.2) is 0 Å². The van der Waals surface area contributed by atoms with Crippen molar-refractivity contribution in [3.8, 4) is 5.75 Å². The molecule has 0 aliphatic rings. The lowest BCUT2D eigenvalue weighted by molar-refractivity contribution is -0.114. The first-order chi connectivity index (χ1) is 10.1. The van der Waals surface area contributed by atoms with Crippen LogP contribution in [0.25, 0.3) is 0 Å². The fourth-order valence-electron chi connectivity index (χ4n) is 1.93. The Bertz CT molecular complexity index is 605. The van der Waals surface area contributed by atoms with E-state index in [2.05, 4.69) is 15.7 Å². The molecule has 112 valence electrons. The van der Waals surface area contributed by atoms with Crippen LogP contribution in [0.3, 0.4) is 0 Å². The first-order valence-electron chi connectivity index (χ1n) is 6.85. The summed E-state index contributed by atoms with van der Waals surface area (Å²) in [7, 11) is 1.79. The Labute approximate surface area is 124 Å². The predicted octanol–water partition coefficient (Wildman–Crippen LogP) is 2.18. The van der Waals surface area contributed by atoms with Gasteiger partial charge in [0.15, 0.2) is 0 Å². The third kappa shape index (κ3) is 4.24. The Kier molecular flexibility index (Phi) is 4.81. The van der Waals surface area contributed by atoms with Crippen molar-refractivity contribution >= 4 is 17.4 Å². The summed E-state index contributed by atoms with van der Waals surface area (Å²) in [5.74, 6) is 1.38. The van der Waals surface area contributed by atoms with Gasteiger partial charge in [0.05, 0.1) is 18.8 Å². The maximum absolute atomic E-state index is 11.9. The minimum atomic E-state index is -0.119. The van der Waals surface area contributed by atoms with Gasteiger partial charge >= 0.3 is 0 Å². The zero-order valence-electron chi connectivity index (χ0n) is 12.5. The predicted molar refractivity (Wildman–Crippen MR) is 82.7 cm³/mol. The zero-order chi connectivity index (χ0) is 15.2. The molecule has 0 spiro atoms. The second-order valence-corrected chi connectivity index (χ2v) is 4.65. The lowest BCUT2D eigenvalue weighted by Gasteiger charge is -2.08. The summed E-state index contributed by atoms with van der Waals surface area (Å²) in [6.45, 7) is 4.65. The molecular formula is C15H20N4O2. The van der Waals surface area contributed by atoms with E-state index in [9.17, 15) is 4.79 Å². The van der Waals surface area contributed by atoms with E-state index in [0.717, 1.165) is 17.1 Å². The monoisotopic (exact) mass is 288 g/mol. The van der Waals surface area contributed by atoms with Gasteiger partial charge in [0, 0.05) is 18.8 Å². The van der Waals surface area contributed by atoms with Crippen molar-refractivity contribution in [2.75, 3.05) is 23.8 Å². The molecule has 21 heavy (non-hydrogen) atoms. The topological polar surface area (TPSA) is 68.2 Å². The van der Waals surface area contributed by atoms with Crippen molar-refractivity contribution in [2.45, 2.75) is 13.8 Å². The van der Waals surface area contributed by atoms with Gasteiger partial charge in [0.25, 0.3) is 0 Å². The molecule has 0 saturated carbocycles. The molecule has 2 N–H and O–H groups in total. The van der Waals surface area contributed by atoms with Crippen molar-refractivity contribution in [1.29, 1.82) is 0 Å². The fourth-order valence-corrected chi connectivity index (χ4v) is 1.93. The molecule has 1 amide bonds. The molecule has 0 bridgehead atoms. The number of ether oxygens (including phenoxy) is 1. The highest BCUT2D eigenvalue weighted by molar-refractivity contribution is 5.93. The Morgan fingerprint density at radius 3 is 2.62 bits per heavy atom. The molecule has 0 radical (unpaired) electrons. The highest BCUT2D eigenvalue weighted by Gasteiger charge is 2.06. The highest BCUT2D eigenvalue weighted by Crippen LogP contribution is 2.15. The number of carbonyl (C=O) groups is 1. The molecule has 1 heterocycles. The lowest BCUT2D eigenvalue weighted by atomic mass is 10.3. The maximum Gasteiger partial charge on any atom is 0.244 e. The van der Waals surface area contributed by atoms with Crippen LogP contribution < -0.4 is 15.4 Å². The van der Waals surface area contributed by atoms with E-state index >= 15 is 0 Å². The van der Waals surface area contributed by atoms with Crippen molar-refractivity contribution < 1.29 is 9.53 Å². The first-order valence-corrected chi connectivity index (χ1v) is 6.85. The molecule has 2 aromatic rings. The van der Waals surface area contributed by atoms with E-state index in [0.29, 0.717) is 12.4 Å². The standard InChI is InChI=1S/C15H20N4O2/c1-4-21-13-7-5-12(6-8-13)16-10-15(20)17-14-9-11(2)18-19(14)3/h5-9,16H,4,10H2,1-3H3,(H,17,20). The minimum Gasteiger partial charge on any atom is -0.494 e. The van der Waals surface area contributed by atoms with Crippen LogP contribution in [0.4, 0.5) is 11.5 Å². The average molecular weight is 288 g/mol. The molecule has 0 fully saturated rings. The molecule has 6 heteroatoms. The molecule has 0 aliphatic carbocycles. The number of rotatable bonds is 6. The van der Waals surface area contributed by atoms with Crippen LogP contribution in [0.5, 0.6) is 5.75 Å². The van der Waals surface area contributed by atoms with E-state index in [1.54, 1.807) is 11.7 Å². The Morgan fingerprint density at radius 1 is 1.33 bits per heavy atom. The zero-order valence-corrected chi connectivity index (χ0v) is 12.5. The van der Waals surface area contributed by atoms with Gasteiger partial charge in [0.1, 0.15) is 11.6 Å². The molecule has 0 unspecified atom stereocenters. The third-order valence-electron chi connectivity index (χ3n) is 2.89. The average Bonchev–Trinajstić information content (AvgIpc) is 2.76. The molecule has 1 aromatic heterocycles. The molecule has 0 saturated heterocycles. The van der Waals surface area contributed by atoms with Crippen LogP contribution in [-0.4, -0.2) is 28.8 Å². The van der Waals surface area contributed by atoms with Crippen molar-refractivity contribution in [1.82, 2.24) is 9.78 Å². The first kappa shape index (κ1) is 14.9. The molecular weight excluding hydrogens is 268 g/mol. The molecule has 0 aliphatic heterocycles. The molecule has 2 rings (SSSR count). The van der Waals surface area contributed by atoms with Crippen LogP contribution in [0.1, 0.15) is 12.6 Å². The number of aromatic nitrogens is 2. The van der Waals surface area contributed by atoms with Gasteiger partial charge in [-0.3, -0.25) is 9.48 Å². The number of nitrogens with one attached hydrogen (secondary N) is 2. The quantitative estimate of drug-likeness (QED) is 0.855. The van der Waals surface area contributed by atoms with Gasteiger partial charge in [-0.2, -0.15) is 5.10 Å². The van der Waals surface area contributed by atoms with E-state index in [-0.39, 0.29) is 12.5 Å². The lowest BCUT2D eigenvalue weighted by Crippen LogP contribution is -2.23. The SMILES string of the molecule is CCOc1ccc(NCC(=O)Nc2cc(C)nn2C)cc1. The summed E-state index contributed by atoms with van der Waals surface area (Å²) in [6, 6.07) is 9.33. The van der Waals surface area contributed by atoms with Crippen molar-refractivity contribution in [3.63, 3.8) is 0 Å². The van der Waals surface area contributed by atoms with Gasteiger partial charge in [0.2, 0.25) is 5.91 Å². The number of aryl methyl sites for hydroxylation is 2. The summed E-state index contributed by atoms with van der Waals surface area (Å²) in [6.07, 6.45) is 0. The highest BCUT2D eigenvalue weighted by atomic mass is 16.5. The summed E-state index contributed by atoms with van der Waals surface area (Å²) in [5.41, 5.74) is 1.74. The number of nitrogens with zero attached hydrogens (tertiary/aromatic N) is 2. The minimum absolute atomic E-state index is 0.119. The molecule has 0 atom stereocenters. The Balaban J connectivity index is 1.84. The van der Waals surface area contributed by atoms with Crippen LogP contribution >= 0.6 is 0 Å². The van der Waals surface area contributed by atoms with E-state index in [1.807, 2.05) is 44.2 Å². The number of amides is 1. The molecule has 1 aromatic carbocycles. The van der Waals surface area contributed by atoms with Crippen LogP contribution in [-0.2, 0) is 11.8 Å². The van der Waals surface area contributed by atoms with Gasteiger partial charge in [-0.1, -0.05) is 0 Å². The maximum atomic E-state index is 11.9. The van der Waals surface area contributed by atoms with Crippen LogP contribution in [0.2, 0.25) is 0 Å². The normalized spacial score (nSPS) is 10.2. The fraction of sp³-hybridized carbons (Fsp3) is 0.333. The largest absolute Gasteiger partial charge is 0.494 e. The second-order valence-electron chi connectivity index (χ2n) is 4.65. The molecule has 6 nitrogen and oxygen atoms in total. The van der Waals surface area contributed by atoms with Crippen LogP contribution in [0, 0.1) is 6.92 Å². The van der Waals surface area contributed by atoms with Crippen molar-refractivity contribution in [3.05, 3.63) is 36.0 Å². The van der Waals surface area contributed by atoms with Crippen LogP contribution in [0.15, 0.2) is 30.3 Å². The Morgan fingerprint density at radius 2 is 2.05 bits per heavy atom. The summed E-state index contributed by atoms with van der Waals surface area (Å²) in [4.78, 5) is 11.9.